The Bertz CT molecular complexity index is 562. The number of halogens is 2. The third kappa shape index (κ3) is 3.77. The first-order valence-corrected chi connectivity index (χ1v) is 7.52. The molecule has 1 amide bonds. The molecule has 1 aliphatic heterocycles. The first-order chi connectivity index (χ1) is 9.90. The maximum absolute atomic E-state index is 12.3. The fourth-order valence-corrected chi connectivity index (χ4v) is 2.76. The van der Waals surface area contributed by atoms with E-state index in [1.54, 1.807) is 17.0 Å². The molecule has 1 saturated heterocycles. The summed E-state index contributed by atoms with van der Waals surface area (Å²) >= 11 is 16.8. The molecule has 0 aliphatic carbocycles. The molecule has 1 heterocycles. The van der Waals surface area contributed by atoms with Crippen LogP contribution >= 0.6 is 35.4 Å². The van der Waals surface area contributed by atoms with Crippen LogP contribution in [-0.4, -0.2) is 52.1 Å². The lowest BCUT2D eigenvalue weighted by Crippen LogP contribution is -2.52. The Morgan fingerprint density at radius 3 is 2.38 bits per heavy atom. The molecule has 1 unspecified atom stereocenters. The van der Waals surface area contributed by atoms with Crippen molar-refractivity contribution in [2.75, 3.05) is 26.2 Å². The van der Waals surface area contributed by atoms with E-state index in [0.717, 1.165) is 0 Å². The number of aliphatic hydroxyl groups is 1. The van der Waals surface area contributed by atoms with Gasteiger partial charge in [-0.05, 0) is 30.4 Å². The number of aliphatic hydroxyl groups excluding tert-OH is 1. The van der Waals surface area contributed by atoms with Gasteiger partial charge in [-0.25, -0.2) is 0 Å². The van der Waals surface area contributed by atoms with Gasteiger partial charge in [0.2, 0.25) is 0 Å². The summed E-state index contributed by atoms with van der Waals surface area (Å²) in [4.78, 5) is 15.7. The number of benzene rings is 1. The van der Waals surface area contributed by atoms with Crippen LogP contribution in [0.3, 0.4) is 0 Å². The first-order valence-electron chi connectivity index (χ1n) is 6.36. The lowest BCUT2D eigenvalue weighted by atomic mass is 10.1. The Labute approximate surface area is 138 Å². The average molecular weight is 348 g/mol. The Hall–Kier alpha value is -1.08. The second-order valence-corrected chi connectivity index (χ2v) is 5.98. The number of hydrogen-bond donors (Lipinski definition) is 2. The Balaban J connectivity index is 2.06. The van der Waals surface area contributed by atoms with Crippen LogP contribution in [0, 0.1) is 0 Å². The lowest BCUT2D eigenvalue weighted by molar-refractivity contribution is -0.141. The molecule has 2 rings (SSSR count). The van der Waals surface area contributed by atoms with E-state index in [2.05, 4.69) is 0 Å². The number of carbonyl (C=O) groups excluding carboxylic acids is 1. The van der Waals surface area contributed by atoms with Gasteiger partial charge in [-0.15, -0.1) is 0 Å². The van der Waals surface area contributed by atoms with E-state index in [4.69, 9.17) is 41.2 Å². The zero-order valence-corrected chi connectivity index (χ0v) is 13.5. The van der Waals surface area contributed by atoms with Crippen LogP contribution in [0.1, 0.15) is 11.7 Å². The zero-order valence-electron chi connectivity index (χ0n) is 11.1. The Morgan fingerprint density at radius 2 is 1.81 bits per heavy atom. The third-order valence-electron chi connectivity index (χ3n) is 3.39. The van der Waals surface area contributed by atoms with Crippen molar-refractivity contribution in [2.45, 2.75) is 6.10 Å². The fourth-order valence-electron chi connectivity index (χ4n) is 2.18. The van der Waals surface area contributed by atoms with Gasteiger partial charge in [0, 0.05) is 41.8 Å². The van der Waals surface area contributed by atoms with Crippen molar-refractivity contribution in [3.05, 3.63) is 33.8 Å². The monoisotopic (exact) mass is 347 g/mol. The summed E-state index contributed by atoms with van der Waals surface area (Å²) in [6.07, 6.45) is -1.33. The first kappa shape index (κ1) is 16.3. The van der Waals surface area contributed by atoms with E-state index >= 15 is 0 Å². The second-order valence-electron chi connectivity index (χ2n) is 4.72. The molecule has 1 aromatic rings. The van der Waals surface area contributed by atoms with Crippen molar-refractivity contribution in [1.82, 2.24) is 9.80 Å². The van der Waals surface area contributed by atoms with Gasteiger partial charge in [0.15, 0.2) is 11.2 Å². The van der Waals surface area contributed by atoms with E-state index in [1.807, 2.05) is 4.90 Å². The van der Waals surface area contributed by atoms with Crippen molar-refractivity contribution >= 4 is 46.4 Å². The van der Waals surface area contributed by atoms with Gasteiger partial charge in [-0.1, -0.05) is 23.2 Å². The zero-order chi connectivity index (χ0) is 15.6. The van der Waals surface area contributed by atoms with E-state index in [0.29, 0.717) is 46.9 Å². The highest BCUT2D eigenvalue weighted by atomic mass is 35.5. The maximum atomic E-state index is 12.3. The third-order valence-corrected chi connectivity index (χ3v) is 4.23. The normalized spacial score (nSPS) is 16.7. The number of carbonyl (C=O) groups is 1. The number of nitrogens with two attached hydrogens (primary N) is 1. The van der Waals surface area contributed by atoms with Crippen molar-refractivity contribution in [3.63, 3.8) is 0 Å². The highest BCUT2D eigenvalue weighted by Crippen LogP contribution is 2.27. The summed E-state index contributed by atoms with van der Waals surface area (Å²) in [5.41, 5.74) is 5.86. The fraction of sp³-hybridized carbons (Fsp3) is 0.385. The summed E-state index contributed by atoms with van der Waals surface area (Å²) in [6.45, 7) is 2.00. The van der Waals surface area contributed by atoms with Gasteiger partial charge >= 0.3 is 0 Å². The van der Waals surface area contributed by atoms with Crippen LogP contribution in [0.5, 0.6) is 0 Å². The molecule has 21 heavy (non-hydrogen) atoms. The molecule has 8 heteroatoms. The number of hydrogen-bond acceptors (Lipinski definition) is 3. The van der Waals surface area contributed by atoms with Gasteiger partial charge < -0.3 is 20.6 Å². The Morgan fingerprint density at radius 1 is 1.24 bits per heavy atom. The predicted molar refractivity (Wildman–Crippen MR) is 86.4 cm³/mol. The van der Waals surface area contributed by atoms with E-state index in [-0.39, 0.29) is 0 Å². The molecule has 0 aromatic heterocycles. The molecule has 1 fully saturated rings. The summed E-state index contributed by atoms with van der Waals surface area (Å²) in [5.74, 6) is -0.401. The van der Waals surface area contributed by atoms with Crippen molar-refractivity contribution in [1.29, 1.82) is 0 Å². The molecule has 1 aromatic carbocycles. The predicted octanol–water partition coefficient (Wildman–Crippen LogP) is 1.41. The van der Waals surface area contributed by atoms with Crippen LogP contribution in [-0.2, 0) is 4.79 Å². The largest absolute Gasteiger partial charge is 0.378 e. The standard InChI is InChI=1S/C13H15Cl2N3O2S/c14-8-1-2-10(15)9(7-8)11(19)12(20)17-3-5-18(6-4-17)13(16)21/h1-2,7,11,19H,3-6H2,(H2,16,21). The smallest absolute Gasteiger partial charge is 0.256 e. The molecular weight excluding hydrogens is 333 g/mol. The van der Waals surface area contributed by atoms with Crippen LogP contribution < -0.4 is 5.73 Å². The number of piperazine rings is 1. The minimum atomic E-state index is -1.33. The SMILES string of the molecule is NC(=S)N1CCN(C(=O)C(O)c2cc(Cl)ccc2Cl)CC1. The highest BCUT2D eigenvalue weighted by molar-refractivity contribution is 7.80. The summed E-state index contributed by atoms with van der Waals surface area (Å²) in [5, 5.41) is 11.3. The van der Waals surface area contributed by atoms with Crippen molar-refractivity contribution < 1.29 is 9.90 Å². The van der Waals surface area contributed by atoms with Gasteiger partial charge in [0.1, 0.15) is 0 Å². The van der Waals surface area contributed by atoms with Crippen molar-refractivity contribution in [3.8, 4) is 0 Å². The second kappa shape index (κ2) is 6.79. The van der Waals surface area contributed by atoms with Gasteiger partial charge in [0.05, 0.1) is 0 Å². The minimum Gasteiger partial charge on any atom is -0.378 e. The molecule has 1 aliphatic rings. The number of amides is 1. The quantitative estimate of drug-likeness (QED) is 0.791. The molecule has 0 radical (unpaired) electrons. The van der Waals surface area contributed by atoms with E-state index in [1.165, 1.54) is 6.07 Å². The lowest BCUT2D eigenvalue weighted by Gasteiger charge is -2.36. The molecule has 0 saturated carbocycles. The Kier molecular flexibility index (Phi) is 5.27. The molecule has 5 nitrogen and oxygen atoms in total. The summed E-state index contributed by atoms with van der Waals surface area (Å²) < 4.78 is 0. The van der Waals surface area contributed by atoms with E-state index < -0.39 is 12.0 Å². The number of nitrogens with zero attached hydrogens (tertiary/aromatic N) is 2. The molecule has 114 valence electrons. The summed E-state index contributed by atoms with van der Waals surface area (Å²) in [7, 11) is 0. The number of thiocarbonyl (C=S) groups is 1. The maximum Gasteiger partial charge on any atom is 0.256 e. The van der Waals surface area contributed by atoms with Gasteiger partial charge in [-0.3, -0.25) is 4.79 Å². The van der Waals surface area contributed by atoms with Crippen LogP contribution in [0.2, 0.25) is 10.0 Å². The average Bonchev–Trinajstić information content (AvgIpc) is 2.48. The molecule has 0 spiro atoms. The van der Waals surface area contributed by atoms with Crippen LogP contribution in [0.25, 0.3) is 0 Å². The molecule has 1 atom stereocenters. The van der Waals surface area contributed by atoms with Gasteiger partial charge in [0.25, 0.3) is 5.91 Å². The summed E-state index contributed by atoms with van der Waals surface area (Å²) in [6, 6.07) is 4.66. The van der Waals surface area contributed by atoms with Crippen LogP contribution in [0.4, 0.5) is 0 Å². The number of rotatable bonds is 2. The molecule has 0 bridgehead atoms. The molecular formula is C13H15Cl2N3O2S. The van der Waals surface area contributed by atoms with E-state index in [9.17, 15) is 9.90 Å². The van der Waals surface area contributed by atoms with Crippen molar-refractivity contribution in [2.24, 2.45) is 5.73 Å². The molecule has 3 N–H and O–H groups in total. The van der Waals surface area contributed by atoms with Gasteiger partial charge in [-0.2, -0.15) is 0 Å². The minimum absolute atomic E-state index is 0.307. The highest BCUT2D eigenvalue weighted by Gasteiger charge is 2.28. The topological polar surface area (TPSA) is 69.8 Å². The van der Waals surface area contributed by atoms with Crippen LogP contribution in [0.15, 0.2) is 18.2 Å².